The fraction of sp³-hybridized carbons (Fsp3) is 0.357. The third-order valence-corrected chi connectivity index (χ3v) is 3.44. The molecule has 0 aliphatic heterocycles. The Kier molecular flexibility index (Phi) is 2.69. The SMILES string of the molecule is NCCc1cc(-c2ccc3c(c2)CCC3)n[nH]1. The molecule has 0 fully saturated rings. The predicted molar refractivity (Wildman–Crippen MR) is 68.8 cm³/mol. The summed E-state index contributed by atoms with van der Waals surface area (Å²) in [4.78, 5) is 0. The van der Waals surface area contributed by atoms with E-state index in [0.717, 1.165) is 17.8 Å². The normalized spacial score (nSPS) is 13.9. The van der Waals surface area contributed by atoms with E-state index in [4.69, 9.17) is 5.73 Å². The average Bonchev–Trinajstić information content (AvgIpc) is 2.96. The highest BCUT2D eigenvalue weighted by atomic mass is 15.1. The van der Waals surface area contributed by atoms with Crippen LogP contribution >= 0.6 is 0 Å². The molecule has 1 aromatic carbocycles. The first-order valence-electron chi connectivity index (χ1n) is 6.23. The largest absolute Gasteiger partial charge is 0.330 e. The highest BCUT2D eigenvalue weighted by Crippen LogP contribution is 2.27. The van der Waals surface area contributed by atoms with Gasteiger partial charge in [0, 0.05) is 17.7 Å². The van der Waals surface area contributed by atoms with Crippen molar-refractivity contribution in [2.24, 2.45) is 5.73 Å². The number of nitrogens with zero attached hydrogens (tertiary/aromatic N) is 1. The summed E-state index contributed by atoms with van der Waals surface area (Å²) in [5.41, 5.74) is 11.9. The summed E-state index contributed by atoms with van der Waals surface area (Å²) in [6, 6.07) is 8.80. The van der Waals surface area contributed by atoms with E-state index >= 15 is 0 Å². The van der Waals surface area contributed by atoms with E-state index in [0.29, 0.717) is 6.54 Å². The molecule has 3 nitrogen and oxygen atoms in total. The molecular formula is C14H17N3. The number of nitrogens with one attached hydrogen (secondary N) is 1. The first kappa shape index (κ1) is 10.5. The molecule has 1 heterocycles. The molecule has 1 aliphatic rings. The van der Waals surface area contributed by atoms with Crippen LogP contribution in [0.3, 0.4) is 0 Å². The summed E-state index contributed by atoms with van der Waals surface area (Å²) in [6.45, 7) is 0.659. The lowest BCUT2D eigenvalue weighted by molar-refractivity contribution is 0.902. The molecule has 88 valence electrons. The van der Waals surface area contributed by atoms with Crippen molar-refractivity contribution in [3.63, 3.8) is 0 Å². The van der Waals surface area contributed by atoms with Crippen LogP contribution in [0.5, 0.6) is 0 Å². The molecule has 0 saturated carbocycles. The third-order valence-electron chi connectivity index (χ3n) is 3.44. The van der Waals surface area contributed by atoms with Gasteiger partial charge in [0.1, 0.15) is 0 Å². The second-order valence-electron chi connectivity index (χ2n) is 4.65. The minimum absolute atomic E-state index is 0.659. The summed E-state index contributed by atoms with van der Waals surface area (Å²) >= 11 is 0. The van der Waals surface area contributed by atoms with E-state index in [1.165, 1.54) is 36.0 Å². The Morgan fingerprint density at radius 3 is 2.94 bits per heavy atom. The van der Waals surface area contributed by atoms with Gasteiger partial charge in [-0.15, -0.1) is 0 Å². The topological polar surface area (TPSA) is 54.7 Å². The van der Waals surface area contributed by atoms with Gasteiger partial charge in [-0.05, 0) is 49.1 Å². The Hall–Kier alpha value is -1.61. The lowest BCUT2D eigenvalue weighted by atomic mass is 10.0. The van der Waals surface area contributed by atoms with Crippen LogP contribution in [-0.4, -0.2) is 16.7 Å². The fourth-order valence-corrected chi connectivity index (χ4v) is 2.52. The van der Waals surface area contributed by atoms with Crippen LogP contribution in [0.25, 0.3) is 11.3 Å². The van der Waals surface area contributed by atoms with Crippen LogP contribution in [0.1, 0.15) is 23.2 Å². The number of H-pyrrole nitrogens is 1. The van der Waals surface area contributed by atoms with Crippen molar-refractivity contribution in [1.29, 1.82) is 0 Å². The van der Waals surface area contributed by atoms with Crippen molar-refractivity contribution >= 4 is 0 Å². The highest BCUT2D eigenvalue weighted by molar-refractivity contribution is 5.61. The molecule has 0 radical (unpaired) electrons. The highest BCUT2D eigenvalue weighted by Gasteiger charge is 2.12. The first-order chi connectivity index (χ1) is 8.36. The number of nitrogens with two attached hydrogens (primary N) is 1. The number of hydrogen-bond donors (Lipinski definition) is 2. The van der Waals surface area contributed by atoms with Gasteiger partial charge >= 0.3 is 0 Å². The monoisotopic (exact) mass is 227 g/mol. The summed E-state index contributed by atoms with van der Waals surface area (Å²) in [5.74, 6) is 0. The van der Waals surface area contributed by atoms with E-state index in [1.54, 1.807) is 0 Å². The lowest BCUT2D eigenvalue weighted by Crippen LogP contribution is -2.02. The number of hydrogen-bond acceptors (Lipinski definition) is 2. The first-order valence-corrected chi connectivity index (χ1v) is 6.23. The van der Waals surface area contributed by atoms with Gasteiger partial charge in [-0.3, -0.25) is 5.10 Å². The average molecular weight is 227 g/mol. The number of aromatic amines is 1. The van der Waals surface area contributed by atoms with Crippen molar-refractivity contribution in [2.75, 3.05) is 6.54 Å². The minimum atomic E-state index is 0.659. The predicted octanol–water partition coefficient (Wildman–Crippen LogP) is 2.07. The van der Waals surface area contributed by atoms with Crippen LogP contribution in [0, 0.1) is 0 Å². The van der Waals surface area contributed by atoms with Crippen molar-refractivity contribution in [2.45, 2.75) is 25.7 Å². The van der Waals surface area contributed by atoms with Gasteiger partial charge < -0.3 is 5.73 Å². The third kappa shape index (κ3) is 1.98. The van der Waals surface area contributed by atoms with E-state index < -0.39 is 0 Å². The van der Waals surface area contributed by atoms with Gasteiger partial charge in [0.15, 0.2) is 0 Å². The van der Waals surface area contributed by atoms with Crippen LogP contribution in [0.4, 0.5) is 0 Å². The molecular weight excluding hydrogens is 210 g/mol. The maximum absolute atomic E-state index is 5.53. The summed E-state index contributed by atoms with van der Waals surface area (Å²) in [6.07, 6.45) is 4.59. The molecule has 1 aromatic heterocycles. The molecule has 3 N–H and O–H groups in total. The Morgan fingerprint density at radius 1 is 1.18 bits per heavy atom. The zero-order valence-electron chi connectivity index (χ0n) is 9.87. The van der Waals surface area contributed by atoms with Crippen molar-refractivity contribution in [3.05, 3.63) is 41.1 Å². The van der Waals surface area contributed by atoms with Gasteiger partial charge in [0.25, 0.3) is 0 Å². The van der Waals surface area contributed by atoms with E-state index in [-0.39, 0.29) is 0 Å². The molecule has 0 unspecified atom stereocenters. The maximum atomic E-state index is 5.53. The standard InChI is InChI=1S/C14H17N3/c15-7-6-13-9-14(17-16-13)12-5-4-10-2-1-3-11(10)8-12/h4-5,8-9H,1-3,6-7,15H2,(H,16,17). The van der Waals surface area contributed by atoms with Crippen molar-refractivity contribution in [3.8, 4) is 11.3 Å². The lowest BCUT2D eigenvalue weighted by Gasteiger charge is -2.01. The van der Waals surface area contributed by atoms with Gasteiger partial charge in [0.05, 0.1) is 5.69 Å². The number of benzene rings is 1. The van der Waals surface area contributed by atoms with Crippen LogP contribution in [0.2, 0.25) is 0 Å². The van der Waals surface area contributed by atoms with Gasteiger partial charge in [-0.25, -0.2) is 0 Å². The molecule has 0 saturated heterocycles. The Bertz CT molecular complexity index is 528. The fourth-order valence-electron chi connectivity index (χ4n) is 2.52. The van der Waals surface area contributed by atoms with E-state index in [2.05, 4.69) is 34.5 Å². The van der Waals surface area contributed by atoms with Crippen LogP contribution in [-0.2, 0) is 19.3 Å². The van der Waals surface area contributed by atoms with Crippen molar-refractivity contribution < 1.29 is 0 Å². The van der Waals surface area contributed by atoms with Gasteiger partial charge in [-0.2, -0.15) is 5.10 Å². The number of aryl methyl sites for hydroxylation is 2. The maximum Gasteiger partial charge on any atom is 0.0923 e. The molecule has 2 aromatic rings. The second kappa shape index (κ2) is 4.34. The zero-order valence-corrected chi connectivity index (χ0v) is 9.87. The molecule has 0 spiro atoms. The smallest absolute Gasteiger partial charge is 0.0923 e. The quantitative estimate of drug-likeness (QED) is 0.843. The van der Waals surface area contributed by atoms with E-state index in [9.17, 15) is 0 Å². The van der Waals surface area contributed by atoms with Gasteiger partial charge in [-0.1, -0.05) is 12.1 Å². The van der Waals surface area contributed by atoms with Crippen LogP contribution < -0.4 is 5.73 Å². The molecule has 0 amide bonds. The number of fused-ring (bicyclic) bond motifs is 1. The van der Waals surface area contributed by atoms with E-state index in [1.807, 2.05) is 0 Å². The number of aromatic nitrogens is 2. The molecule has 1 aliphatic carbocycles. The Labute approximate surface area is 101 Å². The molecule has 17 heavy (non-hydrogen) atoms. The zero-order chi connectivity index (χ0) is 11.7. The summed E-state index contributed by atoms with van der Waals surface area (Å²) < 4.78 is 0. The summed E-state index contributed by atoms with van der Waals surface area (Å²) in [5, 5.41) is 7.39. The molecule has 3 heteroatoms. The number of rotatable bonds is 3. The minimum Gasteiger partial charge on any atom is -0.330 e. The Morgan fingerprint density at radius 2 is 2.06 bits per heavy atom. The molecule has 3 rings (SSSR count). The molecule has 0 bridgehead atoms. The van der Waals surface area contributed by atoms with Crippen molar-refractivity contribution in [1.82, 2.24) is 10.2 Å². The Balaban J connectivity index is 1.92. The van der Waals surface area contributed by atoms with Gasteiger partial charge in [0.2, 0.25) is 0 Å². The molecule has 0 atom stereocenters. The second-order valence-corrected chi connectivity index (χ2v) is 4.65. The van der Waals surface area contributed by atoms with Crippen LogP contribution in [0.15, 0.2) is 24.3 Å². The summed E-state index contributed by atoms with van der Waals surface area (Å²) in [7, 11) is 0.